The summed E-state index contributed by atoms with van der Waals surface area (Å²) in [5.74, 6) is 0.342. The number of nitrogens with zero attached hydrogens (tertiary/aromatic N) is 1. The molecule has 1 aromatic heterocycles. The van der Waals surface area contributed by atoms with E-state index in [2.05, 4.69) is 15.0 Å². The maximum Gasteiger partial charge on any atom is 0.262 e. The molecular weight excluding hydrogens is 406 g/mol. The van der Waals surface area contributed by atoms with Gasteiger partial charge in [0, 0.05) is 11.6 Å². The number of nitrogens with one attached hydrogen (secondary N) is 2. The number of pyridine rings is 1. The number of benzene rings is 2. The molecule has 0 atom stereocenters. The molecular formula is C21H21N3O5S. The van der Waals surface area contributed by atoms with Gasteiger partial charge in [-0.05, 0) is 42.8 Å². The van der Waals surface area contributed by atoms with Crippen molar-refractivity contribution in [1.82, 2.24) is 4.98 Å². The van der Waals surface area contributed by atoms with Crippen LogP contribution in [0.1, 0.15) is 15.9 Å². The highest BCUT2D eigenvalue weighted by Gasteiger charge is 2.21. The van der Waals surface area contributed by atoms with Gasteiger partial charge in [-0.25, -0.2) is 13.4 Å². The molecule has 0 aliphatic carbocycles. The van der Waals surface area contributed by atoms with Crippen molar-refractivity contribution < 1.29 is 22.7 Å². The summed E-state index contributed by atoms with van der Waals surface area (Å²) >= 11 is 0. The molecule has 0 saturated carbocycles. The number of methoxy groups -OCH3 is 2. The van der Waals surface area contributed by atoms with E-state index >= 15 is 0 Å². The molecule has 156 valence electrons. The monoisotopic (exact) mass is 427 g/mol. The Balaban J connectivity index is 1.87. The van der Waals surface area contributed by atoms with E-state index in [4.69, 9.17) is 9.47 Å². The Labute approximate surface area is 174 Å². The third-order valence-corrected chi connectivity index (χ3v) is 5.80. The fourth-order valence-electron chi connectivity index (χ4n) is 2.74. The van der Waals surface area contributed by atoms with Crippen molar-refractivity contribution in [3.8, 4) is 11.6 Å². The fraction of sp³-hybridized carbons (Fsp3) is 0.143. The summed E-state index contributed by atoms with van der Waals surface area (Å²) in [6.07, 6.45) is 1.45. The molecule has 0 saturated heterocycles. The van der Waals surface area contributed by atoms with Crippen LogP contribution in [0.2, 0.25) is 0 Å². The van der Waals surface area contributed by atoms with E-state index in [0.29, 0.717) is 28.6 Å². The zero-order valence-electron chi connectivity index (χ0n) is 16.7. The summed E-state index contributed by atoms with van der Waals surface area (Å²) in [6.45, 7) is 1.66. The van der Waals surface area contributed by atoms with E-state index in [0.717, 1.165) is 0 Å². The van der Waals surface area contributed by atoms with Crippen LogP contribution in [0.15, 0.2) is 65.7 Å². The number of rotatable bonds is 7. The summed E-state index contributed by atoms with van der Waals surface area (Å²) in [5.41, 5.74) is 1.45. The Bertz CT molecular complexity index is 1160. The van der Waals surface area contributed by atoms with Crippen LogP contribution in [-0.2, 0) is 10.0 Å². The van der Waals surface area contributed by atoms with Gasteiger partial charge in [0.25, 0.3) is 15.9 Å². The first kappa shape index (κ1) is 21.1. The van der Waals surface area contributed by atoms with Crippen LogP contribution >= 0.6 is 0 Å². The van der Waals surface area contributed by atoms with E-state index in [1.165, 1.54) is 26.5 Å². The average Bonchev–Trinajstić information content (AvgIpc) is 2.74. The number of aryl methyl sites for hydroxylation is 1. The highest BCUT2D eigenvalue weighted by Crippen LogP contribution is 2.27. The third kappa shape index (κ3) is 4.69. The molecule has 3 aromatic rings. The van der Waals surface area contributed by atoms with Crippen molar-refractivity contribution >= 4 is 27.3 Å². The van der Waals surface area contributed by atoms with Crippen LogP contribution in [-0.4, -0.2) is 33.5 Å². The molecule has 0 fully saturated rings. The molecule has 0 unspecified atom stereocenters. The Morgan fingerprint density at radius 3 is 2.43 bits per heavy atom. The molecule has 30 heavy (non-hydrogen) atoms. The predicted octanol–water partition coefficient (Wildman–Crippen LogP) is 3.46. The molecule has 1 heterocycles. The van der Waals surface area contributed by atoms with Crippen LogP contribution in [0.5, 0.6) is 11.6 Å². The summed E-state index contributed by atoms with van der Waals surface area (Å²) in [6, 6.07) is 14.4. The molecule has 9 heteroatoms. The SMILES string of the molecule is COc1ccc(NC(=O)c2ccc(C)c(S(=O)(=O)Nc3ccccc3OC)c2)cn1. The number of carbonyl (C=O) groups excluding carboxylic acids is 1. The van der Waals surface area contributed by atoms with Crippen LogP contribution in [0.3, 0.4) is 0 Å². The van der Waals surface area contributed by atoms with E-state index < -0.39 is 15.9 Å². The minimum Gasteiger partial charge on any atom is -0.495 e. The Hall–Kier alpha value is -3.59. The molecule has 2 N–H and O–H groups in total. The molecule has 0 bridgehead atoms. The van der Waals surface area contributed by atoms with Gasteiger partial charge in [-0.15, -0.1) is 0 Å². The molecule has 2 aromatic carbocycles. The van der Waals surface area contributed by atoms with Crippen molar-refractivity contribution in [1.29, 1.82) is 0 Å². The number of hydrogen-bond donors (Lipinski definition) is 2. The number of ether oxygens (including phenoxy) is 2. The van der Waals surface area contributed by atoms with Crippen molar-refractivity contribution in [2.24, 2.45) is 0 Å². The lowest BCUT2D eigenvalue weighted by Crippen LogP contribution is -2.17. The average molecular weight is 427 g/mol. The maximum absolute atomic E-state index is 13.0. The summed E-state index contributed by atoms with van der Waals surface area (Å²) in [7, 11) is -1.00. The van der Waals surface area contributed by atoms with Crippen molar-refractivity contribution in [2.45, 2.75) is 11.8 Å². The predicted molar refractivity (Wildman–Crippen MR) is 114 cm³/mol. The minimum atomic E-state index is -3.95. The number of amides is 1. The second-order valence-electron chi connectivity index (χ2n) is 6.33. The highest BCUT2D eigenvalue weighted by atomic mass is 32.2. The van der Waals surface area contributed by atoms with Gasteiger partial charge in [-0.1, -0.05) is 18.2 Å². The number of aromatic nitrogens is 1. The van der Waals surface area contributed by atoms with Crippen LogP contribution in [0.4, 0.5) is 11.4 Å². The van der Waals surface area contributed by atoms with Crippen molar-refractivity contribution in [3.63, 3.8) is 0 Å². The third-order valence-electron chi connectivity index (χ3n) is 4.29. The van der Waals surface area contributed by atoms with Gasteiger partial charge in [-0.3, -0.25) is 9.52 Å². The smallest absolute Gasteiger partial charge is 0.262 e. The van der Waals surface area contributed by atoms with Gasteiger partial charge >= 0.3 is 0 Å². The molecule has 1 amide bonds. The Morgan fingerprint density at radius 1 is 1.00 bits per heavy atom. The first-order chi connectivity index (χ1) is 14.3. The summed E-state index contributed by atoms with van der Waals surface area (Å²) in [4.78, 5) is 16.6. The Kier molecular flexibility index (Phi) is 6.22. The first-order valence-corrected chi connectivity index (χ1v) is 10.4. The normalized spacial score (nSPS) is 10.9. The van der Waals surface area contributed by atoms with Gasteiger partial charge < -0.3 is 14.8 Å². The number of para-hydroxylation sites is 2. The lowest BCUT2D eigenvalue weighted by molar-refractivity contribution is 0.102. The van der Waals surface area contributed by atoms with E-state index in [1.807, 2.05) is 0 Å². The van der Waals surface area contributed by atoms with Gasteiger partial charge in [0.15, 0.2) is 0 Å². The number of sulfonamides is 1. The maximum atomic E-state index is 13.0. The Morgan fingerprint density at radius 2 is 1.77 bits per heavy atom. The first-order valence-electron chi connectivity index (χ1n) is 8.92. The summed E-state index contributed by atoms with van der Waals surface area (Å²) in [5, 5.41) is 2.68. The van der Waals surface area contributed by atoms with Gasteiger partial charge in [0.1, 0.15) is 5.75 Å². The number of anilines is 2. The van der Waals surface area contributed by atoms with Gasteiger partial charge in [0.05, 0.1) is 36.7 Å². The van der Waals surface area contributed by atoms with E-state index in [9.17, 15) is 13.2 Å². The standard InChI is InChI=1S/C21H21N3O5S/c1-14-8-9-15(21(25)23-16-10-11-20(29-3)22-13-16)12-19(14)30(26,27)24-17-6-4-5-7-18(17)28-2/h4-13,24H,1-3H3,(H,23,25). The highest BCUT2D eigenvalue weighted by molar-refractivity contribution is 7.92. The lowest BCUT2D eigenvalue weighted by Gasteiger charge is -2.14. The van der Waals surface area contributed by atoms with Crippen LogP contribution in [0, 0.1) is 6.92 Å². The number of hydrogen-bond acceptors (Lipinski definition) is 6. The second-order valence-corrected chi connectivity index (χ2v) is 7.98. The quantitative estimate of drug-likeness (QED) is 0.598. The summed E-state index contributed by atoms with van der Waals surface area (Å²) < 4.78 is 38.6. The van der Waals surface area contributed by atoms with Crippen molar-refractivity contribution in [3.05, 3.63) is 71.9 Å². The van der Waals surface area contributed by atoms with Gasteiger partial charge in [0.2, 0.25) is 5.88 Å². The molecule has 0 aliphatic heterocycles. The topological polar surface area (TPSA) is 107 Å². The molecule has 0 spiro atoms. The number of carbonyl (C=O) groups is 1. The second kappa shape index (κ2) is 8.83. The molecule has 0 radical (unpaired) electrons. The molecule has 8 nitrogen and oxygen atoms in total. The zero-order valence-corrected chi connectivity index (χ0v) is 17.5. The van der Waals surface area contributed by atoms with Crippen molar-refractivity contribution in [2.75, 3.05) is 24.3 Å². The van der Waals surface area contributed by atoms with Crippen LogP contribution < -0.4 is 19.5 Å². The van der Waals surface area contributed by atoms with Gasteiger partial charge in [-0.2, -0.15) is 0 Å². The molecule has 0 aliphatic rings. The van der Waals surface area contributed by atoms with E-state index in [-0.39, 0.29) is 10.5 Å². The van der Waals surface area contributed by atoms with Crippen LogP contribution in [0.25, 0.3) is 0 Å². The zero-order chi connectivity index (χ0) is 21.7. The lowest BCUT2D eigenvalue weighted by atomic mass is 10.1. The minimum absolute atomic E-state index is 0.00564. The fourth-order valence-corrected chi connectivity index (χ4v) is 4.08. The molecule has 3 rings (SSSR count). The van der Waals surface area contributed by atoms with E-state index in [1.54, 1.807) is 55.5 Å². The largest absolute Gasteiger partial charge is 0.495 e.